The van der Waals surface area contributed by atoms with Gasteiger partial charge in [-0.1, -0.05) is 71.9 Å². The van der Waals surface area contributed by atoms with Gasteiger partial charge in [0.05, 0.1) is 11.4 Å². The lowest BCUT2D eigenvalue weighted by atomic mass is 10.1. The predicted octanol–water partition coefficient (Wildman–Crippen LogP) is 5.02. The van der Waals surface area contributed by atoms with Gasteiger partial charge in [-0.15, -0.1) is 21.5 Å². The molecule has 3 heterocycles. The maximum Gasteiger partial charge on any atom is 0.236 e. The van der Waals surface area contributed by atoms with E-state index in [1.165, 1.54) is 40.2 Å². The lowest BCUT2D eigenvalue weighted by Gasteiger charge is -2.04. The molecule has 0 aliphatic rings. The fourth-order valence-corrected chi connectivity index (χ4v) is 5.22. The summed E-state index contributed by atoms with van der Waals surface area (Å²) in [6.45, 7) is 2.06. The van der Waals surface area contributed by atoms with Gasteiger partial charge in [0.25, 0.3) is 0 Å². The van der Waals surface area contributed by atoms with Crippen molar-refractivity contribution in [2.45, 2.75) is 12.1 Å². The molecule has 31 heavy (non-hydrogen) atoms. The minimum Gasteiger partial charge on any atom is -0.300 e. The highest BCUT2D eigenvalue weighted by molar-refractivity contribution is 7.99. The number of thioether (sulfide) groups is 1. The highest BCUT2D eigenvalue weighted by Gasteiger charge is 2.16. The van der Waals surface area contributed by atoms with Crippen LogP contribution >= 0.6 is 34.6 Å². The first-order valence-corrected chi connectivity index (χ1v) is 12.0. The Balaban J connectivity index is 1.28. The Morgan fingerprint density at radius 1 is 1.06 bits per heavy atom. The number of carbonyl (C=O) groups is 1. The van der Waals surface area contributed by atoms with Gasteiger partial charge in [0.15, 0.2) is 11.0 Å². The molecule has 10 heteroatoms. The monoisotopic (exact) mass is 464 g/mol. The average molecular weight is 465 g/mol. The van der Waals surface area contributed by atoms with Crippen LogP contribution in [0.1, 0.15) is 5.56 Å². The molecule has 0 bridgehead atoms. The number of nitrogens with one attached hydrogen (secondary N) is 1. The predicted molar refractivity (Wildman–Crippen MR) is 126 cm³/mol. The van der Waals surface area contributed by atoms with Crippen molar-refractivity contribution in [1.29, 1.82) is 0 Å². The summed E-state index contributed by atoms with van der Waals surface area (Å²) in [7, 11) is 0. The van der Waals surface area contributed by atoms with Crippen LogP contribution in [-0.2, 0) is 4.79 Å². The number of fused-ring (bicyclic) bond motifs is 1. The van der Waals surface area contributed by atoms with E-state index in [0.717, 1.165) is 21.8 Å². The fraction of sp³-hybridized carbons (Fsp3) is 0.0952. The summed E-state index contributed by atoms with van der Waals surface area (Å²) in [5.41, 5.74) is 4.23. The Bertz CT molecular complexity index is 1340. The van der Waals surface area contributed by atoms with Gasteiger partial charge in [-0.3, -0.25) is 14.5 Å². The van der Waals surface area contributed by atoms with Gasteiger partial charge < -0.3 is 0 Å². The summed E-state index contributed by atoms with van der Waals surface area (Å²) in [6.07, 6.45) is 0. The zero-order valence-corrected chi connectivity index (χ0v) is 18.8. The van der Waals surface area contributed by atoms with Crippen molar-refractivity contribution in [2.75, 3.05) is 11.1 Å². The van der Waals surface area contributed by atoms with Crippen molar-refractivity contribution < 1.29 is 4.79 Å². The Kier molecular flexibility index (Phi) is 5.49. The molecule has 0 aliphatic carbocycles. The number of anilines is 1. The Morgan fingerprint density at radius 3 is 2.68 bits per heavy atom. The summed E-state index contributed by atoms with van der Waals surface area (Å²) >= 11 is 4.04. The third-order valence-corrected chi connectivity index (χ3v) is 6.88. The van der Waals surface area contributed by atoms with E-state index in [9.17, 15) is 4.79 Å². The van der Waals surface area contributed by atoms with Crippen LogP contribution in [0.3, 0.4) is 0 Å². The number of aromatic nitrogens is 5. The van der Waals surface area contributed by atoms with Crippen LogP contribution in [0.25, 0.3) is 27.6 Å². The molecule has 0 spiro atoms. The average Bonchev–Trinajstić information content (AvgIpc) is 3.51. The number of nitrogens with zero attached hydrogens (tertiary/aromatic N) is 5. The number of thiazole rings is 1. The van der Waals surface area contributed by atoms with Crippen molar-refractivity contribution in [3.63, 3.8) is 0 Å². The second-order valence-electron chi connectivity index (χ2n) is 6.71. The first-order chi connectivity index (χ1) is 15.2. The molecule has 154 valence electrons. The zero-order chi connectivity index (χ0) is 21.2. The van der Waals surface area contributed by atoms with Crippen molar-refractivity contribution in [2.24, 2.45) is 0 Å². The second-order valence-corrected chi connectivity index (χ2v) is 9.24. The second kappa shape index (κ2) is 8.58. The molecule has 1 N–H and O–H groups in total. The maximum absolute atomic E-state index is 12.5. The lowest BCUT2D eigenvalue weighted by molar-refractivity contribution is -0.113. The molecule has 2 aromatic carbocycles. The van der Waals surface area contributed by atoms with Crippen LogP contribution in [0.2, 0.25) is 0 Å². The van der Waals surface area contributed by atoms with Crippen molar-refractivity contribution in [3.05, 3.63) is 65.5 Å². The van der Waals surface area contributed by atoms with Crippen LogP contribution in [0.4, 0.5) is 5.13 Å². The van der Waals surface area contributed by atoms with E-state index in [-0.39, 0.29) is 11.7 Å². The van der Waals surface area contributed by atoms with Gasteiger partial charge in [-0.25, -0.2) is 0 Å². The molecular formula is C21H16N6OS3. The molecule has 0 aliphatic heterocycles. The van der Waals surface area contributed by atoms with Gasteiger partial charge in [-0.05, 0) is 12.5 Å². The smallest absolute Gasteiger partial charge is 0.236 e. The highest BCUT2D eigenvalue weighted by Crippen LogP contribution is 2.30. The lowest BCUT2D eigenvalue weighted by Crippen LogP contribution is -2.14. The minimum absolute atomic E-state index is 0.162. The van der Waals surface area contributed by atoms with Crippen molar-refractivity contribution in [1.82, 2.24) is 24.0 Å². The number of aryl methyl sites for hydroxylation is 1. The van der Waals surface area contributed by atoms with Gasteiger partial charge in [0.2, 0.25) is 16.0 Å². The SMILES string of the molecule is Cc1ccc(-c2csc3nnc(SCC(=O)Nc4nc(-c5ccccc5)ns4)n23)cc1. The molecule has 3 aromatic heterocycles. The Labute approximate surface area is 190 Å². The topological polar surface area (TPSA) is 85.1 Å². The number of hydrogen-bond donors (Lipinski definition) is 1. The third-order valence-electron chi connectivity index (χ3n) is 4.50. The van der Waals surface area contributed by atoms with Crippen LogP contribution < -0.4 is 5.32 Å². The maximum atomic E-state index is 12.5. The highest BCUT2D eigenvalue weighted by atomic mass is 32.2. The summed E-state index contributed by atoms with van der Waals surface area (Å²) < 4.78 is 6.31. The first kappa shape index (κ1) is 19.9. The zero-order valence-electron chi connectivity index (χ0n) is 16.3. The summed E-state index contributed by atoms with van der Waals surface area (Å²) in [5.74, 6) is 0.642. The molecular weight excluding hydrogens is 448 g/mol. The summed E-state index contributed by atoms with van der Waals surface area (Å²) in [4.78, 5) is 17.7. The van der Waals surface area contributed by atoms with Crippen molar-refractivity contribution >= 4 is 50.6 Å². The summed E-state index contributed by atoms with van der Waals surface area (Å²) in [6, 6.07) is 18.0. The van der Waals surface area contributed by atoms with E-state index in [0.29, 0.717) is 16.1 Å². The number of hydrogen-bond acceptors (Lipinski definition) is 8. The Hall–Kier alpha value is -3.08. The number of carbonyl (C=O) groups excluding carboxylic acids is 1. The minimum atomic E-state index is -0.162. The molecule has 0 fully saturated rings. The molecule has 1 amide bonds. The molecule has 0 radical (unpaired) electrons. The van der Waals surface area contributed by atoms with Crippen LogP contribution in [0, 0.1) is 6.92 Å². The molecule has 0 saturated heterocycles. The Morgan fingerprint density at radius 2 is 1.87 bits per heavy atom. The van der Waals surface area contributed by atoms with Crippen LogP contribution in [0.5, 0.6) is 0 Å². The largest absolute Gasteiger partial charge is 0.300 e. The fourth-order valence-electron chi connectivity index (χ4n) is 2.98. The molecule has 5 rings (SSSR count). The van der Waals surface area contributed by atoms with E-state index in [2.05, 4.69) is 61.4 Å². The molecule has 5 aromatic rings. The van der Waals surface area contributed by atoms with Gasteiger partial charge in [0.1, 0.15) is 0 Å². The first-order valence-electron chi connectivity index (χ1n) is 9.39. The molecule has 0 atom stereocenters. The summed E-state index contributed by atoms with van der Waals surface area (Å²) in [5, 5.41) is 14.5. The van der Waals surface area contributed by atoms with Crippen LogP contribution in [0.15, 0.2) is 65.1 Å². The van der Waals surface area contributed by atoms with E-state index in [1.54, 1.807) is 0 Å². The molecule has 0 saturated carbocycles. The van der Waals surface area contributed by atoms with E-state index in [4.69, 9.17) is 0 Å². The standard InChI is InChI=1S/C21H16N6OS3/c1-13-7-9-14(10-8-13)16-11-29-20-24-25-21(27(16)20)30-12-17(28)22-19-23-18(26-31-19)15-5-3-2-4-6-15/h2-11H,12H2,1H3,(H,22,23,26,28). The third kappa shape index (κ3) is 4.22. The van der Waals surface area contributed by atoms with Crippen molar-refractivity contribution in [3.8, 4) is 22.6 Å². The number of benzene rings is 2. The number of amides is 1. The van der Waals surface area contributed by atoms with Gasteiger partial charge in [0, 0.05) is 22.5 Å². The van der Waals surface area contributed by atoms with E-state index >= 15 is 0 Å². The molecule has 0 unspecified atom stereocenters. The normalized spacial score (nSPS) is 11.1. The van der Waals surface area contributed by atoms with E-state index in [1.807, 2.05) is 34.7 Å². The van der Waals surface area contributed by atoms with Crippen LogP contribution in [-0.4, -0.2) is 35.6 Å². The quantitative estimate of drug-likeness (QED) is 0.355. The van der Waals surface area contributed by atoms with E-state index < -0.39 is 0 Å². The molecule has 7 nitrogen and oxygen atoms in total. The number of rotatable bonds is 6. The van der Waals surface area contributed by atoms with Gasteiger partial charge in [-0.2, -0.15) is 9.36 Å². The van der Waals surface area contributed by atoms with Gasteiger partial charge >= 0.3 is 0 Å².